The Labute approximate surface area is 123 Å². The smallest absolute Gasteiger partial charge is 0.325 e. The predicted octanol–water partition coefficient (Wildman–Crippen LogP) is 1.44. The molecule has 0 bridgehead atoms. The van der Waals surface area contributed by atoms with Gasteiger partial charge in [0, 0.05) is 6.54 Å². The molecular weight excluding hydrogens is 270 g/mol. The summed E-state index contributed by atoms with van der Waals surface area (Å²) in [6.45, 7) is 4.21. The molecule has 3 heterocycles. The number of hydrogen-bond acceptors (Lipinski definition) is 4. The van der Waals surface area contributed by atoms with Gasteiger partial charge in [-0.25, -0.2) is 4.79 Å². The lowest BCUT2D eigenvalue weighted by Gasteiger charge is -2.24. The molecule has 0 saturated carbocycles. The van der Waals surface area contributed by atoms with Crippen LogP contribution in [0.5, 0.6) is 0 Å². The topological polar surface area (TPSA) is 74.6 Å². The molecule has 2 saturated heterocycles. The van der Waals surface area contributed by atoms with Gasteiger partial charge in [-0.15, -0.1) is 0 Å². The molecule has 114 valence electrons. The summed E-state index contributed by atoms with van der Waals surface area (Å²) in [6, 6.07) is 3.11. The number of carbonyl (C=O) groups is 2. The van der Waals surface area contributed by atoms with Crippen LogP contribution in [-0.2, 0) is 10.3 Å². The van der Waals surface area contributed by atoms with Gasteiger partial charge in [0.05, 0.1) is 6.26 Å². The highest BCUT2D eigenvalue weighted by atomic mass is 16.3. The predicted molar refractivity (Wildman–Crippen MR) is 76.5 cm³/mol. The van der Waals surface area contributed by atoms with E-state index in [1.54, 1.807) is 19.1 Å². The number of piperidine rings is 1. The summed E-state index contributed by atoms with van der Waals surface area (Å²) in [5.41, 5.74) is -1.07. The molecule has 3 rings (SSSR count). The van der Waals surface area contributed by atoms with Crippen molar-refractivity contribution in [2.24, 2.45) is 5.92 Å². The Bertz CT molecular complexity index is 522. The molecular formula is C15H21N3O3. The van der Waals surface area contributed by atoms with E-state index < -0.39 is 5.54 Å². The molecule has 1 aromatic rings. The first-order chi connectivity index (χ1) is 10.1. The molecule has 0 aliphatic carbocycles. The third kappa shape index (κ3) is 2.55. The number of imide groups is 1. The summed E-state index contributed by atoms with van der Waals surface area (Å²) in [6.07, 6.45) is 4.60. The fourth-order valence-electron chi connectivity index (χ4n) is 3.11. The van der Waals surface area contributed by atoms with Crippen molar-refractivity contribution in [2.75, 3.05) is 19.6 Å². The zero-order chi connectivity index (χ0) is 14.9. The van der Waals surface area contributed by atoms with E-state index in [1.165, 1.54) is 11.2 Å². The van der Waals surface area contributed by atoms with Crippen molar-refractivity contribution in [3.05, 3.63) is 24.2 Å². The Balaban J connectivity index is 1.66. The lowest BCUT2D eigenvalue weighted by Crippen LogP contribution is -2.40. The monoisotopic (exact) mass is 291 g/mol. The van der Waals surface area contributed by atoms with Gasteiger partial charge < -0.3 is 15.1 Å². The molecule has 2 N–H and O–H groups in total. The third-order valence-electron chi connectivity index (χ3n) is 4.51. The molecule has 3 amide bonds. The molecule has 0 aromatic carbocycles. The third-order valence-corrected chi connectivity index (χ3v) is 4.51. The first-order valence-electron chi connectivity index (χ1n) is 7.50. The van der Waals surface area contributed by atoms with E-state index in [0.29, 0.717) is 18.2 Å². The van der Waals surface area contributed by atoms with Crippen molar-refractivity contribution in [1.29, 1.82) is 0 Å². The summed E-state index contributed by atoms with van der Waals surface area (Å²) in [7, 11) is 0. The molecule has 2 fully saturated rings. The second kappa shape index (κ2) is 5.52. The first-order valence-corrected chi connectivity index (χ1v) is 7.50. The summed E-state index contributed by atoms with van der Waals surface area (Å²) in [4.78, 5) is 26.0. The normalized spacial score (nSPS) is 27.2. The van der Waals surface area contributed by atoms with E-state index in [9.17, 15) is 9.59 Å². The van der Waals surface area contributed by atoms with Crippen LogP contribution < -0.4 is 10.6 Å². The second-order valence-electron chi connectivity index (χ2n) is 5.97. The minimum Gasteiger partial charge on any atom is -0.466 e. The van der Waals surface area contributed by atoms with Crippen molar-refractivity contribution in [2.45, 2.75) is 31.7 Å². The summed E-state index contributed by atoms with van der Waals surface area (Å²) in [5, 5.41) is 6.07. The molecule has 6 nitrogen and oxygen atoms in total. The molecule has 0 spiro atoms. The van der Waals surface area contributed by atoms with Gasteiger partial charge in [-0.05, 0) is 57.3 Å². The van der Waals surface area contributed by atoms with E-state index in [1.807, 2.05) is 0 Å². The van der Waals surface area contributed by atoms with Gasteiger partial charge in [-0.1, -0.05) is 0 Å². The Morgan fingerprint density at radius 3 is 2.81 bits per heavy atom. The number of carbonyl (C=O) groups excluding carboxylic acids is 2. The second-order valence-corrected chi connectivity index (χ2v) is 5.97. The quantitative estimate of drug-likeness (QED) is 0.823. The van der Waals surface area contributed by atoms with E-state index in [4.69, 9.17) is 4.42 Å². The standard InChI is InChI=1S/C15H21N3O3/c1-15(12-3-2-10-21-12)13(19)18(14(20)17-15)9-6-11-4-7-16-8-5-11/h2-3,10-11,16H,4-9H2,1H3,(H,17,20). The lowest BCUT2D eigenvalue weighted by molar-refractivity contribution is -0.131. The van der Waals surface area contributed by atoms with E-state index in [0.717, 1.165) is 32.4 Å². The van der Waals surface area contributed by atoms with Crippen LogP contribution in [0.25, 0.3) is 0 Å². The van der Waals surface area contributed by atoms with Gasteiger partial charge in [0.25, 0.3) is 5.91 Å². The summed E-state index contributed by atoms with van der Waals surface area (Å²) < 4.78 is 5.31. The fraction of sp³-hybridized carbons (Fsp3) is 0.600. The maximum Gasteiger partial charge on any atom is 0.325 e. The molecule has 1 unspecified atom stereocenters. The van der Waals surface area contributed by atoms with E-state index in [2.05, 4.69) is 10.6 Å². The number of nitrogens with zero attached hydrogens (tertiary/aromatic N) is 1. The SMILES string of the molecule is CC1(c2ccco2)NC(=O)N(CCC2CCNCC2)C1=O. The maximum absolute atomic E-state index is 12.6. The van der Waals surface area contributed by atoms with Crippen LogP contribution in [0, 0.1) is 5.92 Å². The lowest BCUT2D eigenvalue weighted by atomic mass is 9.94. The Morgan fingerprint density at radius 2 is 2.14 bits per heavy atom. The highest BCUT2D eigenvalue weighted by molar-refractivity contribution is 6.06. The highest BCUT2D eigenvalue weighted by Gasteiger charge is 2.50. The van der Waals surface area contributed by atoms with Crippen molar-refractivity contribution in [1.82, 2.24) is 15.5 Å². The van der Waals surface area contributed by atoms with Crippen LogP contribution in [-0.4, -0.2) is 36.5 Å². The van der Waals surface area contributed by atoms with E-state index in [-0.39, 0.29) is 11.9 Å². The molecule has 1 atom stereocenters. The number of furan rings is 1. The average Bonchev–Trinajstić information content (AvgIpc) is 3.09. The number of urea groups is 1. The average molecular weight is 291 g/mol. The van der Waals surface area contributed by atoms with Gasteiger partial charge in [0.15, 0.2) is 5.54 Å². The molecule has 2 aliphatic heterocycles. The summed E-state index contributed by atoms with van der Waals surface area (Å²) in [5.74, 6) is 0.837. The highest BCUT2D eigenvalue weighted by Crippen LogP contribution is 2.29. The molecule has 2 aliphatic rings. The maximum atomic E-state index is 12.6. The summed E-state index contributed by atoms with van der Waals surface area (Å²) >= 11 is 0. The minimum atomic E-state index is -1.07. The van der Waals surface area contributed by atoms with Crippen LogP contribution in [0.1, 0.15) is 31.9 Å². The van der Waals surface area contributed by atoms with Gasteiger partial charge >= 0.3 is 6.03 Å². The fourth-order valence-corrected chi connectivity index (χ4v) is 3.11. The van der Waals surface area contributed by atoms with Crippen LogP contribution in [0.4, 0.5) is 4.79 Å². The number of hydrogen-bond donors (Lipinski definition) is 2. The number of amides is 3. The molecule has 0 radical (unpaired) electrons. The van der Waals surface area contributed by atoms with E-state index >= 15 is 0 Å². The van der Waals surface area contributed by atoms with Gasteiger partial charge in [-0.3, -0.25) is 9.69 Å². The zero-order valence-electron chi connectivity index (χ0n) is 12.2. The molecule has 1 aromatic heterocycles. The number of rotatable bonds is 4. The number of nitrogens with one attached hydrogen (secondary N) is 2. The first kappa shape index (κ1) is 14.1. The Hall–Kier alpha value is -1.82. The molecule has 21 heavy (non-hydrogen) atoms. The van der Waals surface area contributed by atoms with Gasteiger partial charge in [0.2, 0.25) is 0 Å². The van der Waals surface area contributed by atoms with Crippen LogP contribution in [0.3, 0.4) is 0 Å². The van der Waals surface area contributed by atoms with Gasteiger partial charge in [-0.2, -0.15) is 0 Å². The van der Waals surface area contributed by atoms with Crippen molar-refractivity contribution in [3.8, 4) is 0 Å². The van der Waals surface area contributed by atoms with Crippen molar-refractivity contribution in [3.63, 3.8) is 0 Å². The van der Waals surface area contributed by atoms with Crippen LogP contribution >= 0.6 is 0 Å². The molecule has 6 heteroatoms. The zero-order valence-corrected chi connectivity index (χ0v) is 12.2. The van der Waals surface area contributed by atoms with Crippen LogP contribution in [0.2, 0.25) is 0 Å². The van der Waals surface area contributed by atoms with Crippen molar-refractivity contribution >= 4 is 11.9 Å². The Kier molecular flexibility index (Phi) is 3.71. The van der Waals surface area contributed by atoms with Crippen LogP contribution in [0.15, 0.2) is 22.8 Å². The van der Waals surface area contributed by atoms with Gasteiger partial charge in [0.1, 0.15) is 5.76 Å². The largest absolute Gasteiger partial charge is 0.466 e. The minimum absolute atomic E-state index is 0.226. The Morgan fingerprint density at radius 1 is 1.38 bits per heavy atom. The van der Waals surface area contributed by atoms with Crippen molar-refractivity contribution < 1.29 is 14.0 Å².